The molecule has 0 N–H and O–H groups in total. The summed E-state index contributed by atoms with van der Waals surface area (Å²) in [5.74, 6) is 0.618. The van der Waals surface area contributed by atoms with Gasteiger partial charge in [-0.25, -0.2) is 4.79 Å². The van der Waals surface area contributed by atoms with Crippen LogP contribution in [0, 0.1) is 17.0 Å². The van der Waals surface area contributed by atoms with Crippen molar-refractivity contribution in [2.75, 3.05) is 0 Å². The van der Waals surface area contributed by atoms with Gasteiger partial charge in [-0.05, 0) is 48.7 Å². The standard InChI is InChI=1S/C20H19NO5/c1-3-4-15-11-19(22)26-20-13(2)18(10-9-17(15)20)25-12-14-5-7-16(8-6-14)21(23)24/h5-11H,3-4,12H2,1-2H3. The van der Waals surface area contributed by atoms with E-state index in [1.54, 1.807) is 18.2 Å². The number of benzene rings is 2. The monoisotopic (exact) mass is 353 g/mol. The maximum Gasteiger partial charge on any atom is 0.336 e. The van der Waals surface area contributed by atoms with Crippen molar-refractivity contribution in [1.29, 1.82) is 0 Å². The van der Waals surface area contributed by atoms with E-state index in [2.05, 4.69) is 6.92 Å². The summed E-state index contributed by atoms with van der Waals surface area (Å²) in [6, 6.07) is 11.5. The number of hydrogen-bond acceptors (Lipinski definition) is 5. The molecular formula is C20H19NO5. The first-order chi connectivity index (χ1) is 12.5. The molecule has 0 radical (unpaired) electrons. The van der Waals surface area contributed by atoms with Crippen LogP contribution in [0.2, 0.25) is 0 Å². The lowest BCUT2D eigenvalue weighted by Crippen LogP contribution is -2.03. The minimum atomic E-state index is -0.436. The summed E-state index contributed by atoms with van der Waals surface area (Å²) < 4.78 is 11.2. The Balaban J connectivity index is 1.87. The van der Waals surface area contributed by atoms with Gasteiger partial charge in [0.2, 0.25) is 0 Å². The summed E-state index contributed by atoms with van der Waals surface area (Å²) in [7, 11) is 0. The average molecular weight is 353 g/mol. The zero-order valence-corrected chi connectivity index (χ0v) is 14.7. The topological polar surface area (TPSA) is 82.6 Å². The zero-order chi connectivity index (χ0) is 18.7. The van der Waals surface area contributed by atoms with Gasteiger partial charge >= 0.3 is 5.63 Å². The Hall–Kier alpha value is -3.15. The van der Waals surface area contributed by atoms with Gasteiger partial charge in [-0.3, -0.25) is 10.1 Å². The van der Waals surface area contributed by atoms with Gasteiger partial charge in [0.1, 0.15) is 17.9 Å². The zero-order valence-electron chi connectivity index (χ0n) is 14.7. The molecule has 3 aromatic rings. The number of fused-ring (bicyclic) bond motifs is 1. The largest absolute Gasteiger partial charge is 0.488 e. The number of non-ortho nitro benzene ring substituents is 1. The van der Waals surface area contributed by atoms with Crippen LogP contribution in [0.3, 0.4) is 0 Å². The number of rotatable bonds is 6. The Labute approximate surface area is 150 Å². The van der Waals surface area contributed by atoms with Crippen LogP contribution in [-0.2, 0) is 13.0 Å². The van der Waals surface area contributed by atoms with Crippen LogP contribution in [0.25, 0.3) is 11.0 Å². The van der Waals surface area contributed by atoms with Crippen LogP contribution in [0.5, 0.6) is 5.75 Å². The summed E-state index contributed by atoms with van der Waals surface area (Å²) in [6.45, 7) is 4.18. The number of hydrogen-bond donors (Lipinski definition) is 0. The van der Waals surface area contributed by atoms with Crippen LogP contribution in [0.15, 0.2) is 51.7 Å². The van der Waals surface area contributed by atoms with Crippen molar-refractivity contribution in [2.24, 2.45) is 0 Å². The number of nitro benzene ring substituents is 1. The van der Waals surface area contributed by atoms with Gasteiger partial charge in [0.05, 0.1) is 4.92 Å². The maximum absolute atomic E-state index is 11.8. The van der Waals surface area contributed by atoms with Crippen molar-refractivity contribution in [3.8, 4) is 5.75 Å². The van der Waals surface area contributed by atoms with Crippen molar-refractivity contribution in [1.82, 2.24) is 0 Å². The Morgan fingerprint density at radius 1 is 1.15 bits per heavy atom. The Bertz CT molecular complexity index is 1010. The molecule has 26 heavy (non-hydrogen) atoms. The average Bonchev–Trinajstić information content (AvgIpc) is 2.62. The lowest BCUT2D eigenvalue weighted by atomic mass is 10.0. The first-order valence-electron chi connectivity index (χ1n) is 8.42. The van der Waals surface area contributed by atoms with E-state index in [0.717, 1.165) is 34.9 Å². The summed E-state index contributed by atoms with van der Waals surface area (Å²) in [4.78, 5) is 22.1. The predicted octanol–water partition coefficient (Wildman–Crippen LogP) is 4.54. The lowest BCUT2D eigenvalue weighted by Gasteiger charge is -2.12. The molecule has 1 aromatic heterocycles. The molecule has 0 saturated carbocycles. The van der Waals surface area contributed by atoms with Crippen molar-refractivity contribution in [2.45, 2.75) is 33.3 Å². The van der Waals surface area contributed by atoms with Crippen LogP contribution in [0.4, 0.5) is 5.69 Å². The number of aryl methyl sites for hydroxylation is 2. The number of ether oxygens (including phenoxy) is 1. The molecule has 1 heterocycles. The van der Waals surface area contributed by atoms with Gasteiger partial charge in [0.15, 0.2) is 0 Å². The molecule has 0 aliphatic carbocycles. The maximum atomic E-state index is 11.8. The molecule has 6 heteroatoms. The van der Waals surface area contributed by atoms with E-state index in [0.29, 0.717) is 11.3 Å². The molecule has 0 fully saturated rings. The van der Waals surface area contributed by atoms with Gasteiger partial charge in [-0.1, -0.05) is 13.3 Å². The molecule has 0 aliphatic rings. The number of nitrogens with zero attached hydrogens (tertiary/aromatic N) is 1. The molecule has 3 rings (SSSR count). The first kappa shape index (κ1) is 17.7. The molecule has 134 valence electrons. The molecule has 0 bridgehead atoms. The summed E-state index contributed by atoms with van der Waals surface area (Å²) in [5.41, 5.74) is 2.78. The van der Waals surface area contributed by atoms with Crippen LogP contribution < -0.4 is 10.4 Å². The molecule has 0 atom stereocenters. The SMILES string of the molecule is CCCc1cc(=O)oc2c(C)c(OCc3ccc([N+](=O)[O-])cc3)ccc12. The highest BCUT2D eigenvalue weighted by Gasteiger charge is 2.12. The first-order valence-corrected chi connectivity index (χ1v) is 8.42. The van der Waals surface area contributed by atoms with E-state index in [9.17, 15) is 14.9 Å². The molecule has 0 spiro atoms. The third-order valence-electron chi connectivity index (χ3n) is 4.26. The van der Waals surface area contributed by atoms with E-state index in [-0.39, 0.29) is 17.9 Å². The second kappa shape index (κ2) is 7.39. The van der Waals surface area contributed by atoms with E-state index in [1.807, 2.05) is 19.1 Å². The van der Waals surface area contributed by atoms with Crippen LogP contribution in [-0.4, -0.2) is 4.92 Å². The second-order valence-corrected chi connectivity index (χ2v) is 6.12. The highest BCUT2D eigenvalue weighted by atomic mass is 16.6. The molecule has 0 unspecified atom stereocenters. The van der Waals surface area contributed by atoms with E-state index >= 15 is 0 Å². The van der Waals surface area contributed by atoms with Gasteiger partial charge in [-0.2, -0.15) is 0 Å². The van der Waals surface area contributed by atoms with Gasteiger partial charge < -0.3 is 9.15 Å². The van der Waals surface area contributed by atoms with Crippen LogP contribution >= 0.6 is 0 Å². The Morgan fingerprint density at radius 3 is 2.54 bits per heavy atom. The second-order valence-electron chi connectivity index (χ2n) is 6.12. The van der Waals surface area contributed by atoms with Gasteiger partial charge in [0.25, 0.3) is 5.69 Å². The summed E-state index contributed by atoms with van der Waals surface area (Å²) >= 11 is 0. The quantitative estimate of drug-likeness (QED) is 0.369. The normalized spacial score (nSPS) is 10.8. The fraction of sp³-hybridized carbons (Fsp3) is 0.250. The van der Waals surface area contributed by atoms with Crippen molar-refractivity contribution >= 4 is 16.7 Å². The molecule has 0 saturated heterocycles. The van der Waals surface area contributed by atoms with Crippen LogP contribution in [0.1, 0.15) is 30.0 Å². The number of nitro groups is 1. The van der Waals surface area contributed by atoms with Gasteiger partial charge in [-0.15, -0.1) is 0 Å². The molecular weight excluding hydrogens is 334 g/mol. The fourth-order valence-electron chi connectivity index (χ4n) is 2.92. The minimum Gasteiger partial charge on any atom is -0.488 e. The van der Waals surface area contributed by atoms with E-state index in [4.69, 9.17) is 9.15 Å². The highest BCUT2D eigenvalue weighted by molar-refractivity contribution is 5.84. The highest BCUT2D eigenvalue weighted by Crippen LogP contribution is 2.29. The lowest BCUT2D eigenvalue weighted by molar-refractivity contribution is -0.384. The Morgan fingerprint density at radius 2 is 1.88 bits per heavy atom. The third kappa shape index (κ3) is 3.59. The third-order valence-corrected chi connectivity index (χ3v) is 4.26. The smallest absolute Gasteiger partial charge is 0.336 e. The van der Waals surface area contributed by atoms with Crippen molar-refractivity contribution in [3.63, 3.8) is 0 Å². The fourth-order valence-corrected chi connectivity index (χ4v) is 2.92. The predicted molar refractivity (Wildman–Crippen MR) is 98.6 cm³/mol. The van der Waals surface area contributed by atoms with Gasteiger partial charge in [0, 0.05) is 29.1 Å². The minimum absolute atomic E-state index is 0.0425. The molecule has 0 amide bonds. The van der Waals surface area contributed by atoms with E-state index in [1.165, 1.54) is 12.1 Å². The Kier molecular flexibility index (Phi) is 5.02. The molecule has 0 aliphatic heterocycles. The summed E-state index contributed by atoms with van der Waals surface area (Å²) in [6.07, 6.45) is 1.75. The molecule has 2 aromatic carbocycles. The van der Waals surface area contributed by atoms with Crippen molar-refractivity contribution < 1.29 is 14.1 Å². The van der Waals surface area contributed by atoms with E-state index < -0.39 is 4.92 Å². The summed E-state index contributed by atoms with van der Waals surface area (Å²) in [5, 5.41) is 11.6. The molecule has 6 nitrogen and oxygen atoms in total. The van der Waals surface area contributed by atoms with Crippen molar-refractivity contribution in [3.05, 3.63) is 79.7 Å².